The van der Waals surface area contributed by atoms with Gasteiger partial charge in [0.15, 0.2) is 0 Å². The summed E-state index contributed by atoms with van der Waals surface area (Å²) in [5.74, 6) is -0.339. The Morgan fingerprint density at radius 1 is 1.00 bits per heavy atom. The van der Waals surface area contributed by atoms with Crippen molar-refractivity contribution in [1.29, 1.82) is 0 Å². The van der Waals surface area contributed by atoms with Crippen molar-refractivity contribution >= 4 is 17.1 Å². The van der Waals surface area contributed by atoms with Gasteiger partial charge in [0.05, 0.1) is 11.4 Å². The highest BCUT2D eigenvalue weighted by molar-refractivity contribution is 5.76. The Balaban J connectivity index is 2.47. The van der Waals surface area contributed by atoms with Crippen molar-refractivity contribution in [1.82, 2.24) is 0 Å². The number of aryl methyl sites for hydroxylation is 3. The highest BCUT2D eigenvalue weighted by Crippen LogP contribution is 2.30. The number of para-hydroxylation sites is 1. The number of benzene rings is 2. The molecule has 0 aromatic heterocycles. The standard InChI is InChI=1S/C15H17FN2/c1-9-7-10(2)14(11(3)8-9)18-15-12(16)5-4-6-13(15)17/h4-8,18H,17H2,1-3H3. The molecule has 0 aliphatic carbocycles. The fourth-order valence-corrected chi connectivity index (χ4v) is 2.17. The lowest BCUT2D eigenvalue weighted by Crippen LogP contribution is -2.02. The minimum atomic E-state index is -0.339. The summed E-state index contributed by atoms with van der Waals surface area (Å²) < 4.78 is 13.7. The molecule has 0 saturated carbocycles. The zero-order valence-corrected chi connectivity index (χ0v) is 10.8. The summed E-state index contributed by atoms with van der Waals surface area (Å²) in [6.45, 7) is 6.04. The summed E-state index contributed by atoms with van der Waals surface area (Å²) in [6.07, 6.45) is 0. The molecule has 18 heavy (non-hydrogen) atoms. The molecule has 0 aliphatic rings. The molecule has 2 aromatic carbocycles. The third kappa shape index (κ3) is 2.30. The summed E-state index contributed by atoms with van der Waals surface area (Å²) in [6, 6.07) is 8.81. The van der Waals surface area contributed by atoms with E-state index < -0.39 is 0 Å². The zero-order valence-electron chi connectivity index (χ0n) is 10.8. The molecule has 2 aromatic rings. The summed E-state index contributed by atoms with van der Waals surface area (Å²) in [5.41, 5.74) is 10.8. The second-order valence-electron chi connectivity index (χ2n) is 4.60. The quantitative estimate of drug-likeness (QED) is 0.781. The summed E-state index contributed by atoms with van der Waals surface area (Å²) in [7, 11) is 0. The van der Waals surface area contributed by atoms with Crippen molar-refractivity contribution in [3.8, 4) is 0 Å². The summed E-state index contributed by atoms with van der Waals surface area (Å²) >= 11 is 0. The molecule has 3 N–H and O–H groups in total. The average Bonchev–Trinajstić information content (AvgIpc) is 2.26. The predicted molar refractivity (Wildman–Crippen MR) is 74.7 cm³/mol. The van der Waals surface area contributed by atoms with Gasteiger partial charge in [-0.1, -0.05) is 23.8 Å². The van der Waals surface area contributed by atoms with E-state index in [1.807, 2.05) is 20.8 Å². The molecular weight excluding hydrogens is 227 g/mol. The van der Waals surface area contributed by atoms with Crippen molar-refractivity contribution in [2.45, 2.75) is 20.8 Å². The number of hydrogen-bond donors (Lipinski definition) is 2. The number of halogens is 1. The molecule has 94 valence electrons. The van der Waals surface area contributed by atoms with Gasteiger partial charge in [0, 0.05) is 5.69 Å². The van der Waals surface area contributed by atoms with Crippen LogP contribution in [0.15, 0.2) is 30.3 Å². The SMILES string of the molecule is Cc1cc(C)c(Nc2c(N)cccc2F)c(C)c1. The Labute approximate surface area is 107 Å². The van der Waals surface area contributed by atoms with Crippen LogP contribution in [0.3, 0.4) is 0 Å². The maximum absolute atomic E-state index is 13.7. The van der Waals surface area contributed by atoms with Crippen molar-refractivity contribution < 1.29 is 4.39 Å². The molecule has 0 bridgehead atoms. The van der Waals surface area contributed by atoms with Gasteiger partial charge in [-0.3, -0.25) is 0 Å². The van der Waals surface area contributed by atoms with Crippen LogP contribution in [-0.4, -0.2) is 0 Å². The topological polar surface area (TPSA) is 38.0 Å². The smallest absolute Gasteiger partial charge is 0.148 e. The number of nitrogen functional groups attached to an aromatic ring is 1. The largest absolute Gasteiger partial charge is 0.397 e. The van der Waals surface area contributed by atoms with Crippen LogP contribution in [0.25, 0.3) is 0 Å². The first-order chi connectivity index (χ1) is 8.49. The average molecular weight is 244 g/mol. The van der Waals surface area contributed by atoms with E-state index in [0.29, 0.717) is 11.4 Å². The number of nitrogens with one attached hydrogen (secondary N) is 1. The summed E-state index contributed by atoms with van der Waals surface area (Å²) in [5, 5.41) is 3.10. The summed E-state index contributed by atoms with van der Waals surface area (Å²) in [4.78, 5) is 0. The van der Waals surface area contributed by atoms with E-state index >= 15 is 0 Å². The van der Waals surface area contributed by atoms with Crippen LogP contribution in [-0.2, 0) is 0 Å². The maximum Gasteiger partial charge on any atom is 0.148 e. The molecule has 0 spiro atoms. The number of hydrogen-bond acceptors (Lipinski definition) is 2. The van der Waals surface area contributed by atoms with E-state index in [1.54, 1.807) is 12.1 Å². The lowest BCUT2D eigenvalue weighted by atomic mass is 10.0. The molecule has 2 nitrogen and oxygen atoms in total. The third-order valence-electron chi connectivity index (χ3n) is 2.97. The van der Waals surface area contributed by atoms with E-state index in [1.165, 1.54) is 11.6 Å². The second-order valence-corrected chi connectivity index (χ2v) is 4.60. The van der Waals surface area contributed by atoms with Crippen molar-refractivity contribution in [2.75, 3.05) is 11.1 Å². The van der Waals surface area contributed by atoms with Crippen molar-refractivity contribution in [2.24, 2.45) is 0 Å². The second kappa shape index (κ2) is 4.69. The van der Waals surface area contributed by atoms with Gasteiger partial charge in [-0.15, -0.1) is 0 Å². The molecule has 0 heterocycles. The first kappa shape index (κ1) is 12.4. The number of rotatable bonds is 2. The Kier molecular flexibility index (Phi) is 3.24. The van der Waals surface area contributed by atoms with Crippen molar-refractivity contribution in [3.05, 3.63) is 52.8 Å². The van der Waals surface area contributed by atoms with Crippen LogP contribution in [0.1, 0.15) is 16.7 Å². The maximum atomic E-state index is 13.7. The Bertz CT molecular complexity index is 548. The molecule has 0 radical (unpaired) electrons. The Morgan fingerprint density at radius 3 is 2.17 bits per heavy atom. The van der Waals surface area contributed by atoms with Crippen LogP contribution in [0.5, 0.6) is 0 Å². The normalized spacial score (nSPS) is 10.4. The van der Waals surface area contributed by atoms with Crippen molar-refractivity contribution in [3.63, 3.8) is 0 Å². The molecule has 3 heteroatoms. The van der Waals surface area contributed by atoms with Gasteiger partial charge >= 0.3 is 0 Å². The van der Waals surface area contributed by atoms with Crippen LogP contribution in [0, 0.1) is 26.6 Å². The number of nitrogens with two attached hydrogens (primary N) is 1. The molecule has 2 rings (SSSR count). The van der Waals surface area contributed by atoms with Gasteiger partial charge in [0.2, 0.25) is 0 Å². The Hall–Kier alpha value is -2.03. The molecule has 0 amide bonds. The third-order valence-corrected chi connectivity index (χ3v) is 2.97. The first-order valence-corrected chi connectivity index (χ1v) is 5.88. The van der Waals surface area contributed by atoms with Crippen LogP contribution < -0.4 is 11.1 Å². The van der Waals surface area contributed by atoms with Crippen LogP contribution in [0.2, 0.25) is 0 Å². The zero-order chi connectivity index (χ0) is 13.3. The van der Waals surface area contributed by atoms with E-state index in [9.17, 15) is 4.39 Å². The fourth-order valence-electron chi connectivity index (χ4n) is 2.17. The molecule has 0 atom stereocenters. The van der Waals surface area contributed by atoms with E-state index in [4.69, 9.17) is 5.73 Å². The lowest BCUT2D eigenvalue weighted by Gasteiger charge is -2.15. The molecule has 0 fully saturated rings. The number of anilines is 3. The monoisotopic (exact) mass is 244 g/mol. The van der Waals surface area contributed by atoms with Gasteiger partial charge in [-0.2, -0.15) is 0 Å². The molecule has 0 aliphatic heterocycles. The lowest BCUT2D eigenvalue weighted by molar-refractivity contribution is 0.632. The molecular formula is C15H17FN2. The molecule has 0 saturated heterocycles. The molecule has 0 unspecified atom stereocenters. The van der Waals surface area contributed by atoms with Gasteiger partial charge in [-0.25, -0.2) is 4.39 Å². The van der Waals surface area contributed by atoms with Gasteiger partial charge in [0.25, 0.3) is 0 Å². The van der Waals surface area contributed by atoms with Gasteiger partial charge in [-0.05, 0) is 44.0 Å². The van der Waals surface area contributed by atoms with Crippen LogP contribution >= 0.6 is 0 Å². The van der Waals surface area contributed by atoms with Gasteiger partial charge in [0.1, 0.15) is 5.82 Å². The van der Waals surface area contributed by atoms with E-state index in [-0.39, 0.29) is 5.82 Å². The first-order valence-electron chi connectivity index (χ1n) is 5.88. The minimum Gasteiger partial charge on any atom is -0.397 e. The van der Waals surface area contributed by atoms with E-state index in [2.05, 4.69) is 17.4 Å². The van der Waals surface area contributed by atoms with Crippen LogP contribution in [0.4, 0.5) is 21.5 Å². The van der Waals surface area contributed by atoms with E-state index in [0.717, 1.165) is 16.8 Å². The van der Waals surface area contributed by atoms with Gasteiger partial charge < -0.3 is 11.1 Å². The highest BCUT2D eigenvalue weighted by Gasteiger charge is 2.09. The highest BCUT2D eigenvalue weighted by atomic mass is 19.1. The predicted octanol–water partition coefficient (Wildman–Crippen LogP) is 4.08. The minimum absolute atomic E-state index is 0.339. The Morgan fingerprint density at radius 2 is 1.61 bits per heavy atom. The fraction of sp³-hybridized carbons (Fsp3) is 0.200.